The van der Waals surface area contributed by atoms with E-state index < -0.39 is 20.3 Å². The van der Waals surface area contributed by atoms with Crippen molar-refractivity contribution in [2.24, 2.45) is 5.92 Å². The molecular formula is C8H20N2O5S2. The number of hydrogen-bond donors (Lipinski definition) is 2. The summed E-state index contributed by atoms with van der Waals surface area (Å²) < 4.78 is 52.5. The monoisotopic (exact) mass is 288 g/mol. The van der Waals surface area contributed by atoms with Crippen LogP contribution in [0.1, 0.15) is 19.8 Å². The Bertz CT molecular complexity index is 404. The largest absolute Gasteiger partial charge is 0.335 e. The van der Waals surface area contributed by atoms with Gasteiger partial charge in [-0.25, -0.2) is 13.1 Å². The van der Waals surface area contributed by atoms with Gasteiger partial charge < -0.3 is 0 Å². The van der Waals surface area contributed by atoms with E-state index in [1.54, 1.807) is 0 Å². The maximum atomic E-state index is 11.0. The molecule has 0 aliphatic carbocycles. The van der Waals surface area contributed by atoms with Gasteiger partial charge >= 0.3 is 10.3 Å². The molecule has 1 atom stereocenters. The number of hydrogen-bond acceptors (Lipinski definition) is 5. The number of sulfonamides is 1. The molecule has 17 heavy (non-hydrogen) atoms. The van der Waals surface area contributed by atoms with Crippen LogP contribution in [-0.4, -0.2) is 43.3 Å². The first-order chi connectivity index (χ1) is 7.70. The minimum atomic E-state index is -3.67. The normalized spacial score (nSPS) is 14.8. The molecule has 0 spiro atoms. The highest BCUT2D eigenvalue weighted by Crippen LogP contribution is 2.06. The Labute approximate surface area is 103 Å². The number of rotatable bonds is 9. The van der Waals surface area contributed by atoms with Crippen molar-refractivity contribution >= 4 is 20.3 Å². The van der Waals surface area contributed by atoms with Crippen LogP contribution in [0.5, 0.6) is 0 Å². The zero-order valence-electron chi connectivity index (χ0n) is 10.3. The van der Waals surface area contributed by atoms with Crippen LogP contribution in [0.2, 0.25) is 0 Å². The molecular weight excluding hydrogens is 268 g/mol. The van der Waals surface area contributed by atoms with E-state index in [2.05, 4.69) is 13.6 Å². The van der Waals surface area contributed by atoms with Gasteiger partial charge in [-0.2, -0.15) is 13.1 Å². The summed E-state index contributed by atoms with van der Waals surface area (Å²) in [6.45, 7) is 2.44. The fourth-order valence-electron chi connectivity index (χ4n) is 1.18. The van der Waals surface area contributed by atoms with Crippen LogP contribution in [-0.2, 0) is 24.5 Å². The fraction of sp³-hybridized carbons (Fsp3) is 1.00. The second kappa shape index (κ2) is 7.27. The number of nitrogens with one attached hydrogen (secondary N) is 2. The Morgan fingerprint density at radius 2 is 1.76 bits per heavy atom. The lowest BCUT2D eigenvalue weighted by atomic mass is 10.0. The second-order valence-corrected chi connectivity index (χ2v) is 7.06. The highest BCUT2D eigenvalue weighted by molar-refractivity contribution is 7.88. The Morgan fingerprint density at radius 1 is 1.18 bits per heavy atom. The Kier molecular flexibility index (Phi) is 7.17. The van der Waals surface area contributed by atoms with E-state index in [9.17, 15) is 16.8 Å². The molecule has 0 amide bonds. The van der Waals surface area contributed by atoms with Crippen molar-refractivity contribution in [1.82, 2.24) is 9.44 Å². The summed E-state index contributed by atoms with van der Waals surface area (Å²) in [5.74, 6) is 0.0641. The molecule has 9 heteroatoms. The lowest BCUT2D eigenvalue weighted by molar-refractivity contribution is 0.375. The molecule has 0 aromatic heterocycles. The molecule has 1 unspecified atom stereocenters. The van der Waals surface area contributed by atoms with E-state index in [1.165, 1.54) is 0 Å². The van der Waals surface area contributed by atoms with Crippen molar-refractivity contribution in [3.05, 3.63) is 0 Å². The summed E-state index contributed by atoms with van der Waals surface area (Å²) in [5.41, 5.74) is 0. The molecule has 0 rings (SSSR count). The third-order valence-corrected chi connectivity index (χ3v) is 3.95. The molecule has 0 fully saturated rings. The predicted molar refractivity (Wildman–Crippen MR) is 65.2 cm³/mol. The zero-order chi connectivity index (χ0) is 13.5. The lowest BCUT2D eigenvalue weighted by Crippen LogP contribution is -2.32. The minimum Gasteiger partial charge on any atom is -0.261 e. The molecule has 0 saturated heterocycles. The molecule has 0 heterocycles. The first-order valence-corrected chi connectivity index (χ1v) is 8.50. The summed E-state index contributed by atoms with van der Waals surface area (Å²) in [7, 11) is -5.78. The van der Waals surface area contributed by atoms with Gasteiger partial charge in [-0.05, 0) is 12.3 Å². The minimum absolute atomic E-state index is 0.0641. The Morgan fingerprint density at radius 3 is 2.18 bits per heavy atom. The van der Waals surface area contributed by atoms with Gasteiger partial charge in [-0.15, -0.1) is 0 Å². The third-order valence-electron chi connectivity index (χ3n) is 2.26. The van der Waals surface area contributed by atoms with Crippen molar-refractivity contribution in [3.63, 3.8) is 0 Å². The first-order valence-electron chi connectivity index (χ1n) is 5.20. The topological polar surface area (TPSA) is 102 Å². The average molecular weight is 288 g/mol. The van der Waals surface area contributed by atoms with Gasteiger partial charge in [0.05, 0.1) is 13.4 Å². The molecule has 0 bridgehead atoms. The van der Waals surface area contributed by atoms with Gasteiger partial charge in [0.25, 0.3) is 0 Å². The van der Waals surface area contributed by atoms with E-state index in [-0.39, 0.29) is 12.5 Å². The van der Waals surface area contributed by atoms with Crippen LogP contribution in [0.15, 0.2) is 0 Å². The van der Waals surface area contributed by atoms with Crippen molar-refractivity contribution in [2.75, 3.05) is 26.5 Å². The SMILES string of the molecule is CCC(CCNS(C)(=O)=O)CNS(=O)(=O)OC. The molecule has 7 nitrogen and oxygen atoms in total. The van der Waals surface area contributed by atoms with E-state index in [1.807, 2.05) is 6.92 Å². The first kappa shape index (κ1) is 16.8. The Hall–Kier alpha value is -0.220. The van der Waals surface area contributed by atoms with Gasteiger partial charge in [-0.1, -0.05) is 13.3 Å². The second-order valence-electron chi connectivity index (χ2n) is 3.70. The summed E-state index contributed by atoms with van der Waals surface area (Å²) in [6.07, 6.45) is 2.40. The molecule has 0 radical (unpaired) electrons. The van der Waals surface area contributed by atoms with Gasteiger partial charge in [0.1, 0.15) is 0 Å². The van der Waals surface area contributed by atoms with Crippen LogP contribution in [0.25, 0.3) is 0 Å². The smallest absolute Gasteiger partial charge is 0.261 e. The summed E-state index contributed by atoms with van der Waals surface area (Å²) in [4.78, 5) is 0. The van der Waals surface area contributed by atoms with Crippen LogP contribution < -0.4 is 9.44 Å². The van der Waals surface area contributed by atoms with Gasteiger partial charge in [0.2, 0.25) is 10.0 Å². The average Bonchev–Trinajstić information content (AvgIpc) is 2.21. The van der Waals surface area contributed by atoms with Gasteiger partial charge in [0.15, 0.2) is 0 Å². The molecule has 0 aromatic rings. The van der Waals surface area contributed by atoms with Gasteiger partial charge in [0, 0.05) is 13.1 Å². The summed E-state index contributed by atoms with van der Waals surface area (Å²) in [5, 5.41) is 0. The van der Waals surface area contributed by atoms with E-state index in [0.717, 1.165) is 19.8 Å². The van der Waals surface area contributed by atoms with E-state index >= 15 is 0 Å². The molecule has 0 aliphatic rings. The molecule has 0 saturated carbocycles. The summed E-state index contributed by atoms with van der Waals surface area (Å²) in [6, 6.07) is 0. The standard InChI is InChI=1S/C8H20N2O5S2/c1-4-8(5-6-9-16(3,11)12)7-10-17(13,14)15-2/h8-10H,4-7H2,1-3H3. The maximum absolute atomic E-state index is 11.0. The quantitative estimate of drug-likeness (QED) is 0.592. The molecule has 0 aromatic carbocycles. The van der Waals surface area contributed by atoms with Crippen LogP contribution in [0.4, 0.5) is 0 Å². The fourth-order valence-corrected chi connectivity index (χ4v) is 2.22. The van der Waals surface area contributed by atoms with Crippen LogP contribution in [0.3, 0.4) is 0 Å². The molecule has 104 valence electrons. The van der Waals surface area contributed by atoms with Crippen LogP contribution >= 0.6 is 0 Å². The molecule has 2 N–H and O–H groups in total. The highest BCUT2D eigenvalue weighted by atomic mass is 32.2. The van der Waals surface area contributed by atoms with E-state index in [4.69, 9.17) is 0 Å². The lowest BCUT2D eigenvalue weighted by Gasteiger charge is -2.15. The van der Waals surface area contributed by atoms with E-state index in [0.29, 0.717) is 13.0 Å². The predicted octanol–water partition coefficient (Wildman–Crippen LogP) is -0.567. The van der Waals surface area contributed by atoms with Crippen LogP contribution in [0, 0.1) is 5.92 Å². The van der Waals surface area contributed by atoms with Crippen molar-refractivity contribution in [1.29, 1.82) is 0 Å². The van der Waals surface area contributed by atoms with Crippen molar-refractivity contribution < 1.29 is 21.0 Å². The molecule has 0 aliphatic heterocycles. The van der Waals surface area contributed by atoms with Crippen molar-refractivity contribution in [3.8, 4) is 0 Å². The maximum Gasteiger partial charge on any atom is 0.335 e. The third kappa shape index (κ3) is 9.48. The van der Waals surface area contributed by atoms with Crippen molar-refractivity contribution in [2.45, 2.75) is 19.8 Å². The Balaban J connectivity index is 4.02. The highest BCUT2D eigenvalue weighted by Gasteiger charge is 2.13. The van der Waals surface area contributed by atoms with Gasteiger partial charge in [-0.3, -0.25) is 4.18 Å². The summed E-state index contributed by atoms with van der Waals surface area (Å²) >= 11 is 0. The zero-order valence-corrected chi connectivity index (χ0v) is 11.9.